The molecular formula is C19H30O5. The van der Waals surface area contributed by atoms with Crippen molar-refractivity contribution in [2.24, 2.45) is 22.7 Å². The zero-order chi connectivity index (χ0) is 18.0. The van der Waals surface area contributed by atoms with Gasteiger partial charge in [0.2, 0.25) is 0 Å². The van der Waals surface area contributed by atoms with Crippen molar-refractivity contribution in [3.63, 3.8) is 0 Å². The summed E-state index contributed by atoms with van der Waals surface area (Å²) in [5, 5.41) is 19.4. The first-order valence-electron chi connectivity index (χ1n) is 9.15. The van der Waals surface area contributed by atoms with Gasteiger partial charge in [0.15, 0.2) is 5.60 Å². The van der Waals surface area contributed by atoms with E-state index in [1.165, 1.54) is 0 Å². The van der Waals surface area contributed by atoms with Crippen molar-refractivity contribution in [3.8, 4) is 0 Å². The van der Waals surface area contributed by atoms with E-state index in [1.54, 1.807) is 6.92 Å². The highest BCUT2D eigenvalue weighted by atomic mass is 16.5. The molecule has 5 heteroatoms. The molecule has 3 aliphatic rings. The summed E-state index contributed by atoms with van der Waals surface area (Å²) >= 11 is 0. The van der Waals surface area contributed by atoms with E-state index in [4.69, 9.17) is 4.74 Å². The molecular weight excluding hydrogens is 308 g/mol. The van der Waals surface area contributed by atoms with Gasteiger partial charge in [-0.2, -0.15) is 0 Å². The topological polar surface area (TPSA) is 83.8 Å². The molecule has 24 heavy (non-hydrogen) atoms. The zero-order valence-electron chi connectivity index (χ0n) is 15.2. The van der Waals surface area contributed by atoms with E-state index >= 15 is 0 Å². The fourth-order valence-electron chi connectivity index (χ4n) is 6.43. The van der Waals surface area contributed by atoms with Gasteiger partial charge in [-0.1, -0.05) is 13.3 Å². The molecule has 136 valence electrons. The molecule has 0 bridgehead atoms. The molecule has 1 aliphatic heterocycles. The third kappa shape index (κ3) is 2.23. The van der Waals surface area contributed by atoms with Crippen molar-refractivity contribution in [2.75, 3.05) is 0 Å². The van der Waals surface area contributed by atoms with E-state index in [-0.39, 0.29) is 17.3 Å². The van der Waals surface area contributed by atoms with Crippen LogP contribution >= 0.6 is 0 Å². The van der Waals surface area contributed by atoms with Gasteiger partial charge in [-0.3, -0.25) is 4.79 Å². The van der Waals surface area contributed by atoms with Gasteiger partial charge in [-0.25, -0.2) is 4.79 Å². The Bertz CT molecular complexity index is 574. The van der Waals surface area contributed by atoms with E-state index in [0.29, 0.717) is 6.42 Å². The number of carbonyl (C=O) groups is 2. The van der Waals surface area contributed by atoms with Gasteiger partial charge in [0, 0.05) is 0 Å². The molecule has 3 rings (SSSR count). The maximum atomic E-state index is 12.0. The lowest BCUT2D eigenvalue weighted by atomic mass is 9.44. The Morgan fingerprint density at radius 1 is 0.875 bits per heavy atom. The molecule has 0 radical (unpaired) electrons. The van der Waals surface area contributed by atoms with Crippen LogP contribution in [0, 0.1) is 22.7 Å². The second-order valence-corrected chi connectivity index (χ2v) is 9.22. The van der Waals surface area contributed by atoms with Gasteiger partial charge >= 0.3 is 11.9 Å². The van der Waals surface area contributed by atoms with Crippen LogP contribution in [0.4, 0.5) is 0 Å². The van der Waals surface area contributed by atoms with Crippen LogP contribution in [0.1, 0.15) is 72.6 Å². The summed E-state index contributed by atoms with van der Waals surface area (Å²) in [6.07, 6.45) is 5.48. The second-order valence-electron chi connectivity index (χ2n) is 9.22. The third-order valence-electron chi connectivity index (χ3n) is 7.75. The van der Waals surface area contributed by atoms with Crippen LogP contribution in [0.15, 0.2) is 0 Å². The Morgan fingerprint density at radius 3 is 2.08 bits per heavy atom. The molecule has 2 aliphatic carbocycles. The Morgan fingerprint density at radius 2 is 1.50 bits per heavy atom. The fourth-order valence-corrected chi connectivity index (χ4v) is 6.43. The Balaban J connectivity index is 1.97. The maximum Gasteiger partial charge on any atom is 0.335 e. The monoisotopic (exact) mass is 338 g/mol. The highest BCUT2D eigenvalue weighted by Crippen LogP contribution is 2.65. The lowest BCUT2D eigenvalue weighted by Crippen LogP contribution is -2.65. The highest BCUT2D eigenvalue weighted by molar-refractivity contribution is 5.77. The quantitative estimate of drug-likeness (QED) is 0.802. The number of carboxylic acids is 2. The molecule has 0 unspecified atom stereocenters. The number of rotatable bonds is 2. The molecule has 5 nitrogen and oxygen atoms in total. The van der Waals surface area contributed by atoms with Crippen molar-refractivity contribution in [3.05, 3.63) is 0 Å². The van der Waals surface area contributed by atoms with Gasteiger partial charge < -0.3 is 14.9 Å². The summed E-state index contributed by atoms with van der Waals surface area (Å²) in [5.41, 5.74) is -2.38. The van der Waals surface area contributed by atoms with Crippen LogP contribution < -0.4 is 0 Å². The largest absolute Gasteiger partial charge is 0.481 e. The van der Waals surface area contributed by atoms with Crippen LogP contribution in [0.2, 0.25) is 0 Å². The number of fused-ring (bicyclic) bond motifs is 3. The minimum Gasteiger partial charge on any atom is -0.481 e. The van der Waals surface area contributed by atoms with Gasteiger partial charge in [0.05, 0.1) is 11.0 Å². The van der Waals surface area contributed by atoms with E-state index in [2.05, 4.69) is 6.92 Å². The first-order chi connectivity index (χ1) is 11.0. The van der Waals surface area contributed by atoms with Crippen molar-refractivity contribution in [1.82, 2.24) is 0 Å². The summed E-state index contributed by atoms with van der Waals surface area (Å²) in [5.74, 6) is -1.23. The summed E-state index contributed by atoms with van der Waals surface area (Å²) in [6, 6.07) is 0. The normalized spacial score (nSPS) is 51.3. The minimum absolute atomic E-state index is 0.0990. The third-order valence-corrected chi connectivity index (χ3v) is 7.75. The standard InChI is InChI=1S/C19H30O5/c1-16-8-5-9-17(2,14(20)21)12(16)6-10-18(3)13(16)7-11-19(4,24-18)15(22)23/h12-13H,5-11H2,1-4H3,(H,20,21)(H,22,23)/t12-,13-,16+,17-,18-,19+/m1/s1. The number of hydrogen-bond donors (Lipinski definition) is 2. The number of hydrogen-bond acceptors (Lipinski definition) is 3. The molecule has 6 atom stereocenters. The Hall–Kier alpha value is -1.10. The van der Waals surface area contributed by atoms with Gasteiger partial charge in [0.25, 0.3) is 0 Å². The number of carboxylic acid groups (broad SMARTS) is 2. The van der Waals surface area contributed by atoms with Crippen molar-refractivity contribution in [1.29, 1.82) is 0 Å². The average Bonchev–Trinajstić information content (AvgIpc) is 2.45. The molecule has 2 N–H and O–H groups in total. The summed E-state index contributed by atoms with van der Waals surface area (Å²) in [7, 11) is 0. The van der Waals surface area contributed by atoms with Crippen LogP contribution in [-0.2, 0) is 14.3 Å². The lowest BCUT2D eigenvalue weighted by molar-refractivity contribution is -0.266. The Labute approximate surface area is 143 Å². The summed E-state index contributed by atoms with van der Waals surface area (Å²) in [6.45, 7) is 7.86. The molecule has 1 saturated heterocycles. The van der Waals surface area contributed by atoms with Crippen LogP contribution in [-0.4, -0.2) is 33.4 Å². The molecule has 3 fully saturated rings. The number of ether oxygens (including phenoxy) is 1. The second kappa shape index (κ2) is 5.20. The molecule has 0 amide bonds. The van der Waals surface area contributed by atoms with Crippen molar-refractivity contribution in [2.45, 2.75) is 83.8 Å². The van der Waals surface area contributed by atoms with E-state index in [1.807, 2.05) is 13.8 Å². The van der Waals surface area contributed by atoms with Gasteiger partial charge in [-0.15, -0.1) is 0 Å². The van der Waals surface area contributed by atoms with Crippen molar-refractivity contribution < 1.29 is 24.5 Å². The predicted octanol–water partition coefficient (Wildman–Crippen LogP) is 3.71. The van der Waals surface area contributed by atoms with Crippen LogP contribution in [0.25, 0.3) is 0 Å². The maximum absolute atomic E-state index is 12.0. The molecule has 2 saturated carbocycles. The zero-order valence-corrected chi connectivity index (χ0v) is 15.2. The molecule has 0 aromatic rings. The van der Waals surface area contributed by atoms with Gasteiger partial charge in [0.1, 0.15) is 0 Å². The number of aliphatic carboxylic acids is 2. The molecule has 1 heterocycles. The van der Waals surface area contributed by atoms with Crippen LogP contribution in [0.5, 0.6) is 0 Å². The van der Waals surface area contributed by atoms with E-state index in [9.17, 15) is 19.8 Å². The molecule has 0 aromatic carbocycles. The fraction of sp³-hybridized carbons (Fsp3) is 0.895. The van der Waals surface area contributed by atoms with E-state index in [0.717, 1.165) is 38.5 Å². The molecule has 0 aromatic heterocycles. The van der Waals surface area contributed by atoms with Crippen molar-refractivity contribution >= 4 is 11.9 Å². The first-order valence-corrected chi connectivity index (χ1v) is 9.15. The lowest BCUT2D eigenvalue weighted by Gasteiger charge is -2.64. The minimum atomic E-state index is -1.13. The SMILES string of the molecule is C[C@]12CCC[C@@](C)(C(=O)O)[C@@H]1CC[C@@]1(C)O[C@](C)(C(=O)O)CC[C@H]21. The highest BCUT2D eigenvalue weighted by Gasteiger charge is 2.64. The smallest absolute Gasteiger partial charge is 0.335 e. The average molecular weight is 338 g/mol. The van der Waals surface area contributed by atoms with E-state index < -0.39 is 28.6 Å². The molecule has 0 spiro atoms. The summed E-state index contributed by atoms with van der Waals surface area (Å²) in [4.78, 5) is 23.6. The predicted molar refractivity (Wildman–Crippen MR) is 88.7 cm³/mol. The first kappa shape index (κ1) is 17.7. The van der Waals surface area contributed by atoms with Gasteiger partial charge in [-0.05, 0) is 76.5 Å². The van der Waals surface area contributed by atoms with Crippen LogP contribution in [0.3, 0.4) is 0 Å². The summed E-state index contributed by atoms with van der Waals surface area (Å²) < 4.78 is 6.22. The Kier molecular flexibility index (Phi) is 3.84.